The lowest BCUT2D eigenvalue weighted by Gasteiger charge is -2.29. The van der Waals surface area contributed by atoms with E-state index in [1.54, 1.807) is 0 Å². The Kier molecular flexibility index (Phi) is 4.11. The van der Waals surface area contributed by atoms with Gasteiger partial charge in [0.15, 0.2) is 11.5 Å². The summed E-state index contributed by atoms with van der Waals surface area (Å²) in [6, 6.07) is 15.2. The predicted octanol–water partition coefficient (Wildman–Crippen LogP) is 2.19. The molecule has 1 aliphatic heterocycles. The molecule has 1 N–H and O–H groups in total. The van der Waals surface area contributed by atoms with Crippen LogP contribution in [0, 0.1) is 0 Å². The first-order chi connectivity index (χ1) is 12.2. The predicted molar refractivity (Wildman–Crippen MR) is 95.1 cm³/mol. The maximum absolute atomic E-state index is 12.2. The summed E-state index contributed by atoms with van der Waals surface area (Å²) >= 11 is 0. The molecule has 0 radical (unpaired) electrons. The lowest BCUT2D eigenvalue weighted by Crippen LogP contribution is -2.40. The molecule has 0 spiro atoms. The van der Waals surface area contributed by atoms with E-state index in [-0.39, 0.29) is 11.7 Å². The number of benzene rings is 2. The molecule has 4 rings (SSSR count). The zero-order chi connectivity index (χ0) is 17.2. The average Bonchev–Trinajstić information content (AvgIpc) is 2.62. The van der Waals surface area contributed by atoms with Crippen LogP contribution >= 0.6 is 0 Å². The number of hydrogen-bond donors (Lipinski definition) is 1. The Morgan fingerprint density at radius 1 is 1.16 bits per heavy atom. The van der Waals surface area contributed by atoms with Gasteiger partial charge in [0, 0.05) is 13.1 Å². The summed E-state index contributed by atoms with van der Waals surface area (Å²) in [5.74, 6) is 1.53. The standard InChI is InChI=1S/C19H19N3O3/c1-22(10-13-12-24-17-8-4-5-9-18(17)25-13)11-16-19(23)21-15-7-3-2-6-14(15)20-16/h2-9,13H,10-12H2,1H3,(H,21,23)/t13-/m1/s1. The molecule has 128 valence electrons. The number of fused-ring (bicyclic) bond motifs is 2. The highest BCUT2D eigenvalue weighted by Crippen LogP contribution is 2.30. The number of rotatable bonds is 4. The second-order valence-electron chi connectivity index (χ2n) is 6.22. The SMILES string of the molecule is CN(Cc1nc2ccccc2[nH]c1=O)C[C@@H]1COc2ccccc2O1. The van der Waals surface area contributed by atoms with Gasteiger partial charge in [-0.2, -0.15) is 0 Å². The number of aromatic nitrogens is 2. The van der Waals surface area contributed by atoms with E-state index in [0.29, 0.717) is 25.4 Å². The highest BCUT2D eigenvalue weighted by molar-refractivity contribution is 5.73. The number of para-hydroxylation sites is 4. The molecule has 0 unspecified atom stereocenters. The largest absolute Gasteiger partial charge is 0.486 e. The maximum atomic E-state index is 12.2. The number of H-pyrrole nitrogens is 1. The van der Waals surface area contributed by atoms with E-state index in [2.05, 4.69) is 9.97 Å². The molecule has 0 saturated carbocycles. The third-order valence-electron chi connectivity index (χ3n) is 4.17. The molecule has 0 bridgehead atoms. The maximum Gasteiger partial charge on any atom is 0.271 e. The van der Waals surface area contributed by atoms with Crippen molar-refractivity contribution in [3.05, 3.63) is 64.6 Å². The van der Waals surface area contributed by atoms with Gasteiger partial charge in [-0.15, -0.1) is 0 Å². The first-order valence-electron chi connectivity index (χ1n) is 8.24. The minimum Gasteiger partial charge on any atom is -0.486 e. The van der Waals surface area contributed by atoms with Crippen molar-refractivity contribution in [2.75, 3.05) is 20.2 Å². The van der Waals surface area contributed by atoms with Crippen molar-refractivity contribution < 1.29 is 9.47 Å². The first-order valence-corrected chi connectivity index (χ1v) is 8.24. The number of aromatic amines is 1. The minimum atomic E-state index is -0.156. The Balaban J connectivity index is 1.45. The van der Waals surface area contributed by atoms with Crippen molar-refractivity contribution in [1.29, 1.82) is 0 Å². The third-order valence-corrected chi connectivity index (χ3v) is 4.17. The highest BCUT2D eigenvalue weighted by atomic mass is 16.6. The summed E-state index contributed by atoms with van der Waals surface area (Å²) in [6.07, 6.45) is -0.0839. The fraction of sp³-hybridized carbons (Fsp3) is 0.263. The summed E-state index contributed by atoms with van der Waals surface area (Å²) < 4.78 is 11.7. The fourth-order valence-electron chi connectivity index (χ4n) is 3.00. The fourth-order valence-corrected chi connectivity index (χ4v) is 3.00. The van der Waals surface area contributed by atoms with Crippen LogP contribution in [0.5, 0.6) is 11.5 Å². The zero-order valence-electron chi connectivity index (χ0n) is 13.9. The number of nitrogens with zero attached hydrogens (tertiary/aromatic N) is 2. The second kappa shape index (κ2) is 6.57. The molecule has 3 aromatic rings. The summed E-state index contributed by atoms with van der Waals surface area (Å²) in [5.41, 5.74) is 1.88. The quantitative estimate of drug-likeness (QED) is 0.790. The molecule has 6 heteroatoms. The number of ether oxygens (including phenoxy) is 2. The summed E-state index contributed by atoms with van der Waals surface area (Å²) in [6.45, 7) is 1.58. The van der Waals surface area contributed by atoms with Gasteiger partial charge >= 0.3 is 0 Å². The molecule has 0 fully saturated rings. The van der Waals surface area contributed by atoms with Crippen LogP contribution in [0.25, 0.3) is 11.0 Å². The van der Waals surface area contributed by atoms with Gasteiger partial charge in [0.2, 0.25) is 0 Å². The van der Waals surface area contributed by atoms with Gasteiger partial charge in [-0.3, -0.25) is 9.69 Å². The van der Waals surface area contributed by atoms with Crippen molar-refractivity contribution in [1.82, 2.24) is 14.9 Å². The van der Waals surface area contributed by atoms with Gasteiger partial charge in [-0.05, 0) is 31.3 Å². The van der Waals surface area contributed by atoms with Crippen LogP contribution in [-0.4, -0.2) is 41.2 Å². The Morgan fingerprint density at radius 3 is 2.80 bits per heavy atom. The van der Waals surface area contributed by atoms with E-state index in [9.17, 15) is 4.79 Å². The highest BCUT2D eigenvalue weighted by Gasteiger charge is 2.22. The second-order valence-corrected chi connectivity index (χ2v) is 6.22. The van der Waals surface area contributed by atoms with E-state index >= 15 is 0 Å². The van der Waals surface area contributed by atoms with Gasteiger partial charge in [-0.1, -0.05) is 24.3 Å². The van der Waals surface area contributed by atoms with Gasteiger partial charge in [0.05, 0.1) is 11.0 Å². The van der Waals surface area contributed by atoms with Crippen LogP contribution in [0.15, 0.2) is 53.3 Å². The van der Waals surface area contributed by atoms with Crippen LogP contribution in [0.4, 0.5) is 0 Å². The summed E-state index contributed by atoms with van der Waals surface area (Å²) in [4.78, 5) is 21.6. The van der Waals surface area contributed by atoms with Crippen LogP contribution < -0.4 is 15.0 Å². The van der Waals surface area contributed by atoms with E-state index in [0.717, 1.165) is 22.5 Å². The number of hydrogen-bond acceptors (Lipinski definition) is 5. The molecular formula is C19H19N3O3. The van der Waals surface area contributed by atoms with Crippen molar-refractivity contribution in [2.45, 2.75) is 12.6 Å². The Bertz CT molecular complexity index is 954. The average molecular weight is 337 g/mol. The van der Waals surface area contributed by atoms with E-state index in [1.807, 2.05) is 60.5 Å². The van der Waals surface area contributed by atoms with Crippen molar-refractivity contribution >= 4 is 11.0 Å². The monoisotopic (exact) mass is 337 g/mol. The van der Waals surface area contributed by atoms with Gasteiger partial charge in [-0.25, -0.2) is 4.98 Å². The van der Waals surface area contributed by atoms with Crippen LogP contribution in [0.2, 0.25) is 0 Å². The first kappa shape index (κ1) is 15.7. The molecular weight excluding hydrogens is 318 g/mol. The molecule has 0 saturated heterocycles. The van der Waals surface area contributed by atoms with Crippen molar-refractivity contribution in [3.8, 4) is 11.5 Å². The Morgan fingerprint density at radius 2 is 1.92 bits per heavy atom. The molecule has 25 heavy (non-hydrogen) atoms. The smallest absolute Gasteiger partial charge is 0.271 e. The van der Waals surface area contributed by atoms with Crippen molar-refractivity contribution in [3.63, 3.8) is 0 Å². The Labute approximate surface area is 145 Å². The molecule has 1 atom stereocenters. The summed E-state index contributed by atoms with van der Waals surface area (Å²) in [5, 5.41) is 0. The van der Waals surface area contributed by atoms with E-state index < -0.39 is 0 Å². The molecule has 1 aromatic heterocycles. The molecule has 2 aromatic carbocycles. The third kappa shape index (κ3) is 3.34. The molecule has 2 heterocycles. The van der Waals surface area contributed by atoms with Crippen LogP contribution in [0.3, 0.4) is 0 Å². The molecule has 6 nitrogen and oxygen atoms in total. The molecule has 1 aliphatic rings. The van der Waals surface area contributed by atoms with Crippen molar-refractivity contribution in [2.24, 2.45) is 0 Å². The van der Waals surface area contributed by atoms with Crippen LogP contribution in [0.1, 0.15) is 5.69 Å². The lowest BCUT2D eigenvalue weighted by atomic mass is 10.2. The number of nitrogens with one attached hydrogen (secondary N) is 1. The van der Waals surface area contributed by atoms with Crippen LogP contribution in [-0.2, 0) is 6.54 Å². The number of likely N-dealkylation sites (N-methyl/N-ethyl adjacent to an activating group) is 1. The lowest BCUT2D eigenvalue weighted by molar-refractivity contribution is 0.0634. The summed E-state index contributed by atoms with van der Waals surface area (Å²) in [7, 11) is 1.94. The minimum absolute atomic E-state index is 0.0839. The normalized spacial score (nSPS) is 16.3. The van der Waals surface area contributed by atoms with Gasteiger partial charge < -0.3 is 14.5 Å². The van der Waals surface area contributed by atoms with E-state index in [1.165, 1.54) is 0 Å². The van der Waals surface area contributed by atoms with Gasteiger partial charge in [0.1, 0.15) is 18.4 Å². The Hall–Kier alpha value is -2.86. The molecule has 0 amide bonds. The zero-order valence-corrected chi connectivity index (χ0v) is 13.9. The van der Waals surface area contributed by atoms with E-state index in [4.69, 9.17) is 9.47 Å². The topological polar surface area (TPSA) is 67.5 Å². The van der Waals surface area contributed by atoms with Gasteiger partial charge in [0.25, 0.3) is 5.56 Å². The molecule has 0 aliphatic carbocycles.